The summed E-state index contributed by atoms with van der Waals surface area (Å²) in [5.41, 5.74) is 3.71. The number of carbonyl (C=O) groups excluding carboxylic acids is 2. The number of carbonyl (C=O) groups is 2. The molecule has 0 bridgehead atoms. The third kappa shape index (κ3) is 6.12. The van der Waals surface area contributed by atoms with Gasteiger partial charge in [-0.05, 0) is 43.2 Å². The number of amides is 2. The molecule has 1 aliphatic rings. The van der Waals surface area contributed by atoms with Crippen LogP contribution in [0.4, 0.5) is 5.69 Å². The van der Waals surface area contributed by atoms with E-state index in [1.165, 1.54) is 11.8 Å². The fraction of sp³-hybridized carbons (Fsp3) is 0.148. The number of thiocarbonyl (C=S) groups is 1. The molecule has 0 atom stereocenters. The van der Waals surface area contributed by atoms with E-state index in [0.717, 1.165) is 17.5 Å². The SMILES string of the molecule is Cc1ccc(NC(=O)COc2ccccc2/C=C2\SC(=S)N(CCc3ccccc3)C2=O)cc1. The van der Waals surface area contributed by atoms with Gasteiger partial charge >= 0.3 is 0 Å². The molecule has 1 fully saturated rings. The van der Waals surface area contributed by atoms with Gasteiger partial charge in [0.1, 0.15) is 10.1 Å². The van der Waals surface area contributed by atoms with Gasteiger partial charge in [-0.15, -0.1) is 0 Å². The summed E-state index contributed by atoms with van der Waals surface area (Å²) in [5, 5.41) is 2.82. The largest absolute Gasteiger partial charge is 0.483 e. The van der Waals surface area contributed by atoms with E-state index < -0.39 is 0 Å². The van der Waals surface area contributed by atoms with E-state index in [1.54, 1.807) is 17.0 Å². The summed E-state index contributed by atoms with van der Waals surface area (Å²) in [6, 6.07) is 24.9. The zero-order valence-corrected chi connectivity index (χ0v) is 20.3. The van der Waals surface area contributed by atoms with Crippen LogP contribution in [0.5, 0.6) is 5.75 Å². The van der Waals surface area contributed by atoms with Gasteiger partial charge in [-0.2, -0.15) is 0 Å². The number of benzene rings is 3. The highest BCUT2D eigenvalue weighted by Crippen LogP contribution is 2.34. The highest BCUT2D eigenvalue weighted by Gasteiger charge is 2.31. The molecule has 1 heterocycles. The average Bonchev–Trinajstić information content (AvgIpc) is 3.11. The van der Waals surface area contributed by atoms with Crippen LogP contribution in [0.3, 0.4) is 0 Å². The number of thioether (sulfide) groups is 1. The van der Waals surface area contributed by atoms with Gasteiger partial charge in [0.2, 0.25) is 0 Å². The Bertz CT molecular complexity index is 1220. The van der Waals surface area contributed by atoms with Crippen LogP contribution in [0.1, 0.15) is 16.7 Å². The Hall–Kier alpha value is -3.42. The molecule has 1 N–H and O–H groups in total. The van der Waals surface area contributed by atoms with E-state index in [2.05, 4.69) is 5.32 Å². The first-order valence-electron chi connectivity index (χ1n) is 10.9. The number of para-hydroxylation sites is 1. The predicted molar refractivity (Wildman–Crippen MR) is 142 cm³/mol. The van der Waals surface area contributed by atoms with Crippen LogP contribution in [0, 0.1) is 6.92 Å². The van der Waals surface area contributed by atoms with Crippen LogP contribution in [-0.4, -0.2) is 34.2 Å². The van der Waals surface area contributed by atoms with Gasteiger partial charge in [0, 0.05) is 17.8 Å². The Labute approximate surface area is 208 Å². The Morgan fingerprint density at radius 2 is 1.74 bits per heavy atom. The molecular weight excluding hydrogens is 464 g/mol. The van der Waals surface area contributed by atoms with Crippen LogP contribution < -0.4 is 10.1 Å². The molecule has 172 valence electrons. The Morgan fingerprint density at radius 1 is 1.03 bits per heavy atom. The van der Waals surface area contributed by atoms with Crippen LogP contribution >= 0.6 is 24.0 Å². The molecule has 0 aromatic heterocycles. The second-order valence-corrected chi connectivity index (χ2v) is 9.49. The van der Waals surface area contributed by atoms with E-state index in [9.17, 15) is 9.59 Å². The number of hydrogen-bond acceptors (Lipinski definition) is 5. The van der Waals surface area contributed by atoms with Crippen molar-refractivity contribution in [1.82, 2.24) is 4.90 Å². The lowest BCUT2D eigenvalue weighted by Gasteiger charge is -2.14. The minimum Gasteiger partial charge on any atom is -0.483 e. The topological polar surface area (TPSA) is 58.6 Å². The second kappa shape index (κ2) is 11.1. The van der Waals surface area contributed by atoms with Crippen LogP contribution in [0.2, 0.25) is 0 Å². The lowest BCUT2D eigenvalue weighted by molar-refractivity contribution is -0.122. The number of aryl methyl sites for hydroxylation is 1. The summed E-state index contributed by atoms with van der Waals surface area (Å²) in [4.78, 5) is 27.5. The molecule has 1 saturated heterocycles. The monoisotopic (exact) mass is 488 g/mol. The average molecular weight is 489 g/mol. The quantitative estimate of drug-likeness (QED) is 0.337. The molecule has 0 unspecified atom stereocenters. The number of hydrogen-bond donors (Lipinski definition) is 1. The first-order chi connectivity index (χ1) is 16.5. The molecule has 3 aromatic carbocycles. The maximum atomic E-state index is 13.0. The van der Waals surface area contributed by atoms with Gasteiger partial charge in [0.15, 0.2) is 6.61 Å². The van der Waals surface area contributed by atoms with Crippen molar-refractivity contribution in [3.63, 3.8) is 0 Å². The molecule has 1 aliphatic heterocycles. The van der Waals surface area contributed by atoms with E-state index in [0.29, 0.717) is 32.8 Å². The summed E-state index contributed by atoms with van der Waals surface area (Å²) in [6.45, 7) is 2.38. The summed E-state index contributed by atoms with van der Waals surface area (Å²) in [7, 11) is 0. The fourth-order valence-corrected chi connectivity index (χ4v) is 4.73. The van der Waals surface area contributed by atoms with Crippen molar-refractivity contribution < 1.29 is 14.3 Å². The predicted octanol–water partition coefficient (Wildman–Crippen LogP) is 5.46. The number of anilines is 1. The van der Waals surface area contributed by atoms with Gasteiger partial charge < -0.3 is 10.1 Å². The van der Waals surface area contributed by atoms with E-state index in [-0.39, 0.29) is 18.4 Å². The van der Waals surface area contributed by atoms with Gasteiger partial charge in [0.25, 0.3) is 11.8 Å². The number of nitrogens with one attached hydrogen (secondary N) is 1. The van der Waals surface area contributed by atoms with Crippen molar-refractivity contribution in [2.45, 2.75) is 13.3 Å². The van der Waals surface area contributed by atoms with Gasteiger partial charge in [-0.3, -0.25) is 14.5 Å². The van der Waals surface area contributed by atoms with Crippen molar-refractivity contribution in [3.8, 4) is 5.75 Å². The standard InChI is InChI=1S/C27H24N2O3S2/c1-19-11-13-22(14-12-19)28-25(30)18-32-23-10-6-5-9-21(23)17-24-26(31)29(27(33)34-24)16-15-20-7-3-2-4-8-20/h2-14,17H,15-16,18H2,1H3,(H,28,30)/b24-17-. The first kappa shape index (κ1) is 23.7. The third-order valence-electron chi connectivity index (χ3n) is 5.24. The fourth-order valence-electron chi connectivity index (χ4n) is 3.43. The molecule has 0 spiro atoms. The molecule has 5 nitrogen and oxygen atoms in total. The molecule has 4 rings (SSSR count). The summed E-state index contributed by atoms with van der Waals surface area (Å²) in [6.07, 6.45) is 2.51. The minimum atomic E-state index is -0.258. The molecule has 34 heavy (non-hydrogen) atoms. The first-order valence-corrected chi connectivity index (χ1v) is 12.1. The van der Waals surface area contributed by atoms with Gasteiger partial charge in [-0.1, -0.05) is 90.2 Å². The molecule has 0 saturated carbocycles. The van der Waals surface area contributed by atoms with E-state index in [4.69, 9.17) is 17.0 Å². The zero-order chi connectivity index (χ0) is 23.9. The Morgan fingerprint density at radius 3 is 2.50 bits per heavy atom. The lowest BCUT2D eigenvalue weighted by Crippen LogP contribution is -2.30. The number of nitrogens with zero attached hydrogens (tertiary/aromatic N) is 1. The molecule has 7 heteroatoms. The van der Waals surface area contributed by atoms with E-state index in [1.807, 2.05) is 79.7 Å². The normalized spacial score (nSPS) is 14.5. The van der Waals surface area contributed by atoms with Crippen LogP contribution in [0.25, 0.3) is 6.08 Å². The minimum absolute atomic E-state index is 0.113. The highest BCUT2D eigenvalue weighted by atomic mass is 32.2. The van der Waals surface area contributed by atoms with Gasteiger partial charge in [-0.25, -0.2) is 0 Å². The highest BCUT2D eigenvalue weighted by molar-refractivity contribution is 8.26. The van der Waals surface area contributed by atoms with Crippen molar-refractivity contribution in [1.29, 1.82) is 0 Å². The van der Waals surface area contributed by atoms with E-state index >= 15 is 0 Å². The molecule has 3 aromatic rings. The Kier molecular flexibility index (Phi) is 7.77. The molecular formula is C27H24N2O3S2. The zero-order valence-electron chi connectivity index (χ0n) is 18.7. The molecule has 0 radical (unpaired) electrons. The lowest BCUT2D eigenvalue weighted by atomic mass is 10.1. The molecule has 2 amide bonds. The maximum Gasteiger partial charge on any atom is 0.266 e. The summed E-state index contributed by atoms with van der Waals surface area (Å²) >= 11 is 6.74. The third-order valence-corrected chi connectivity index (χ3v) is 6.62. The smallest absolute Gasteiger partial charge is 0.266 e. The summed E-state index contributed by atoms with van der Waals surface area (Å²) in [5.74, 6) is 0.153. The number of rotatable bonds is 8. The van der Waals surface area contributed by atoms with Crippen molar-refractivity contribution >= 4 is 51.9 Å². The summed E-state index contributed by atoms with van der Waals surface area (Å²) < 4.78 is 6.32. The van der Waals surface area contributed by atoms with Crippen molar-refractivity contribution in [2.24, 2.45) is 0 Å². The van der Waals surface area contributed by atoms with Crippen molar-refractivity contribution in [3.05, 3.63) is 100 Å². The van der Waals surface area contributed by atoms with Crippen LogP contribution in [-0.2, 0) is 16.0 Å². The molecule has 0 aliphatic carbocycles. The van der Waals surface area contributed by atoms with Crippen LogP contribution in [0.15, 0.2) is 83.8 Å². The maximum absolute atomic E-state index is 13.0. The Balaban J connectivity index is 1.40. The number of ether oxygens (including phenoxy) is 1. The van der Waals surface area contributed by atoms with Gasteiger partial charge in [0.05, 0.1) is 4.91 Å². The van der Waals surface area contributed by atoms with Crippen molar-refractivity contribution in [2.75, 3.05) is 18.5 Å². The second-order valence-electron chi connectivity index (χ2n) is 7.81.